The van der Waals surface area contributed by atoms with Crippen LogP contribution in [-0.2, 0) is 11.4 Å². The molecule has 1 aromatic heterocycles. The van der Waals surface area contributed by atoms with Gasteiger partial charge in [0.2, 0.25) is 0 Å². The molecule has 0 atom stereocenters. The van der Waals surface area contributed by atoms with Crippen molar-refractivity contribution >= 4 is 15.9 Å². The fourth-order valence-corrected chi connectivity index (χ4v) is 1.72. The van der Waals surface area contributed by atoms with Crippen molar-refractivity contribution in [1.29, 1.82) is 0 Å². The molecule has 0 aromatic carbocycles. The van der Waals surface area contributed by atoms with Crippen molar-refractivity contribution in [1.82, 2.24) is 5.06 Å². The lowest BCUT2D eigenvalue weighted by molar-refractivity contribution is -0.189. The Morgan fingerprint density at radius 2 is 2.31 bits per heavy atom. The molecule has 0 amide bonds. The van der Waals surface area contributed by atoms with Gasteiger partial charge < -0.3 is 4.42 Å². The third-order valence-corrected chi connectivity index (χ3v) is 2.46. The summed E-state index contributed by atoms with van der Waals surface area (Å²) in [6.07, 6.45) is 2.38. The van der Waals surface area contributed by atoms with E-state index in [1.54, 1.807) is 0 Å². The highest BCUT2D eigenvalue weighted by Gasteiger charge is 2.12. The smallest absolute Gasteiger partial charge is 0.169 e. The predicted octanol–water partition coefficient (Wildman–Crippen LogP) is 2.57. The van der Waals surface area contributed by atoms with Crippen LogP contribution in [0.3, 0.4) is 0 Å². The van der Waals surface area contributed by atoms with Gasteiger partial charge in [0, 0.05) is 6.54 Å². The van der Waals surface area contributed by atoms with Crippen LogP contribution >= 0.6 is 15.9 Å². The van der Waals surface area contributed by atoms with Crippen molar-refractivity contribution in [3.05, 3.63) is 22.6 Å². The van der Waals surface area contributed by atoms with Crippen LogP contribution in [0.25, 0.3) is 0 Å². The van der Waals surface area contributed by atoms with E-state index in [0.717, 1.165) is 30.1 Å². The molecule has 1 aliphatic heterocycles. The number of hydrogen-bond donors (Lipinski definition) is 0. The minimum atomic E-state index is 0.742. The van der Waals surface area contributed by atoms with Gasteiger partial charge >= 0.3 is 0 Å². The third kappa shape index (κ3) is 2.56. The second kappa shape index (κ2) is 4.26. The maximum atomic E-state index is 5.45. The van der Waals surface area contributed by atoms with Crippen LogP contribution in [0.5, 0.6) is 0 Å². The fourth-order valence-electron chi connectivity index (χ4n) is 1.38. The Labute approximate surface area is 85.7 Å². The summed E-state index contributed by atoms with van der Waals surface area (Å²) in [5, 5.41) is 1.95. The Balaban J connectivity index is 1.89. The lowest BCUT2D eigenvalue weighted by Gasteiger charge is -2.24. The maximum absolute atomic E-state index is 5.45. The van der Waals surface area contributed by atoms with Gasteiger partial charge in [-0.05, 0) is 40.9 Å². The van der Waals surface area contributed by atoms with Crippen LogP contribution in [0.2, 0.25) is 0 Å². The van der Waals surface area contributed by atoms with Crippen molar-refractivity contribution in [3.63, 3.8) is 0 Å². The SMILES string of the molecule is Brc1ccc(CN2CCCCO2)o1. The molecule has 2 heterocycles. The molecule has 0 spiro atoms. The van der Waals surface area contributed by atoms with Crippen molar-refractivity contribution in [2.45, 2.75) is 19.4 Å². The highest BCUT2D eigenvalue weighted by Crippen LogP contribution is 2.17. The van der Waals surface area contributed by atoms with Crippen molar-refractivity contribution < 1.29 is 9.25 Å². The van der Waals surface area contributed by atoms with Gasteiger partial charge in [0.15, 0.2) is 4.67 Å². The molecular formula is C9H12BrNO2. The molecule has 1 fully saturated rings. The van der Waals surface area contributed by atoms with Crippen LogP contribution in [0.1, 0.15) is 18.6 Å². The average Bonchev–Trinajstić information content (AvgIpc) is 2.53. The monoisotopic (exact) mass is 245 g/mol. The summed E-state index contributed by atoms with van der Waals surface area (Å²) in [5.74, 6) is 0.939. The maximum Gasteiger partial charge on any atom is 0.169 e. The molecule has 0 radical (unpaired) electrons. The molecular weight excluding hydrogens is 234 g/mol. The normalized spacial score (nSPS) is 19.2. The molecule has 0 saturated carbocycles. The second-order valence-corrected chi connectivity index (χ2v) is 3.89. The molecule has 0 unspecified atom stereocenters. The molecule has 4 heteroatoms. The minimum absolute atomic E-state index is 0.742. The summed E-state index contributed by atoms with van der Waals surface area (Å²) in [4.78, 5) is 5.45. The number of hydroxylamine groups is 2. The largest absolute Gasteiger partial charge is 0.453 e. The number of hydrogen-bond acceptors (Lipinski definition) is 3. The number of rotatable bonds is 2. The average molecular weight is 246 g/mol. The second-order valence-electron chi connectivity index (χ2n) is 3.11. The first kappa shape index (κ1) is 9.24. The first-order chi connectivity index (χ1) is 6.34. The first-order valence-electron chi connectivity index (χ1n) is 4.47. The van der Waals surface area contributed by atoms with Crippen molar-refractivity contribution in [3.8, 4) is 0 Å². The Morgan fingerprint density at radius 3 is 2.92 bits per heavy atom. The fraction of sp³-hybridized carbons (Fsp3) is 0.556. The Hall–Kier alpha value is -0.320. The molecule has 0 bridgehead atoms. The summed E-state index contributed by atoms with van der Waals surface area (Å²) in [6.45, 7) is 2.58. The van der Waals surface area contributed by atoms with Crippen LogP contribution in [-0.4, -0.2) is 18.2 Å². The van der Waals surface area contributed by atoms with Gasteiger partial charge in [-0.1, -0.05) is 0 Å². The zero-order valence-electron chi connectivity index (χ0n) is 7.33. The third-order valence-electron chi connectivity index (χ3n) is 2.04. The lowest BCUT2D eigenvalue weighted by atomic mass is 10.3. The van der Waals surface area contributed by atoms with Gasteiger partial charge in [0.1, 0.15) is 5.76 Å². The van der Waals surface area contributed by atoms with E-state index in [1.165, 1.54) is 12.8 Å². The predicted molar refractivity (Wildman–Crippen MR) is 52.0 cm³/mol. The van der Waals surface area contributed by atoms with E-state index < -0.39 is 0 Å². The van der Waals surface area contributed by atoms with Gasteiger partial charge in [-0.2, -0.15) is 5.06 Å². The molecule has 13 heavy (non-hydrogen) atoms. The van der Waals surface area contributed by atoms with E-state index >= 15 is 0 Å². The Kier molecular flexibility index (Phi) is 3.03. The molecule has 0 aliphatic carbocycles. The molecule has 0 N–H and O–H groups in total. The van der Waals surface area contributed by atoms with Gasteiger partial charge in [-0.25, -0.2) is 0 Å². The first-order valence-corrected chi connectivity index (χ1v) is 5.26. The van der Waals surface area contributed by atoms with Crippen LogP contribution in [0, 0.1) is 0 Å². The van der Waals surface area contributed by atoms with E-state index in [-0.39, 0.29) is 0 Å². The van der Waals surface area contributed by atoms with Gasteiger partial charge in [-0.3, -0.25) is 4.84 Å². The quantitative estimate of drug-likeness (QED) is 0.801. The Bertz CT molecular complexity index is 268. The van der Waals surface area contributed by atoms with E-state index in [1.807, 2.05) is 17.2 Å². The molecule has 72 valence electrons. The van der Waals surface area contributed by atoms with Gasteiger partial charge in [0.05, 0.1) is 13.2 Å². The number of furan rings is 1. The highest BCUT2D eigenvalue weighted by molar-refractivity contribution is 9.10. The topological polar surface area (TPSA) is 25.6 Å². The van der Waals surface area contributed by atoms with Crippen molar-refractivity contribution in [2.75, 3.05) is 13.2 Å². The molecule has 3 nitrogen and oxygen atoms in total. The standard InChI is InChI=1S/C9H12BrNO2/c10-9-4-3-8(13-9)7-11-5-1-2-6-12-11/h3-4H,1-2,5-7H2. The van der Waals surface area contributed by atoms with E-state index in [4.69, 9.17) is 9.25 Å². The summed E-state index contributed by atoms with van der Waals surface area (Å²) < 4.78 is 6.16. The molecule has 1 aromatic rings. The molecule has 2 rings (SSSR count). The lowest BCUT2D eigenvalue weighted by Crippen LogP contribution is -2.29. The molecule has 1 saturated heterocycles. The highest BCUT2D eigenvalue weighted by atomic mass is 79.9. The number of halogens is 1. The van der Waals surface area contributed by atoms with E-state index in [2.05, 4.69) is 15.9 Å². The summed E-state index contributed by atoms with van der Waals surface area (Å²) in [6, 6.07) is 3.86. The number of nitrogens with zero attached hydrogens (tertiary/aromatic N) is 1. The summed E-state index contributed by atoms with van der Waals surface area (Å²) >= 11 is 3.27. The summed E-state index contributed by atoms with van der Waals surface area (Å²) in [5.41, 5.74) is 0. The van der Waals surface area contributed by atoms with Gasteiger partial charge in [-0.15, -0.1) is 0 Å². The summed E-state index contributed by atoms with van der Waals surface area (Å²) in [7, 11) is 0. The van der Waals surface area contributed by atoms with Crippen LogP contribution in [0.15, 0.2) is 21.2 Å². The van der Waals surface area contributed by atoms with Gasteiger partial charge in [0.25, 0.3) is 0 Å². The van der Waals surface area contributed by atoms with Crippen molar-refractivity contribution in [2.24, 2.45) is 0 Å². The van der Waals surface area contributed by atoms with E-state index in [0.29, 0.717) is 0 Å². The van der Waals surface area contributed by atoms with Crippen LogP contribution in [0.4, 0.5) is 0 Å². The molecule has 1 aliphatic rings. The zero-order chi connectivity index (χ0) is 9.10. The zero-order valence-corrected chi connectivity index (χ0v) is 8.92. The van der Waals surface area contributed by atoms with E-state index in [9.17, 15) is 0 Å². The minimum Gasteiger partial charge on any atom is -0.453 e. The Morgan fingerprint density at radius 1 is 1.38 bits per heavy atom. The van der Waals surface area contributed by atoms with Crippen LogP contribution < -0.4 is 0 Å².